The van der Waals surface area contributed by atoms with Gasteiger partial charge in [0.1, 0.15) is 5.78 Å². The Morgan fingerprint density at radius 2 is 1.93 bits per heavy atom. The number of rotatable bonds is 12. The Balaban J connectivity index is 2.50. The molecular formula is C22H32O5. The van der Waals surface area contributed by atoms with E-state index in [2.05, 4.69) is 19.1 Å². The van der Waals surface area contributed by atoms with E-state index < -0.39 is 18.2 Å². The van der Waals surface area contributed by atoms with Crippen LogP contribution in [-0.4, -0.2) is 39.3 Å². The minimum atomic E-state index is -0.850. The summed E-state index contributed by atoms with van der Waals surface area (Å²) in [6.07, 6.45) is 17.1. The number of carboxylic acid groups (broad SMARTS) is 1. The van der Waals surface area contributed by atoms with Crippen molar-refractivity contribution in [2.45, 2.75) is 64.1 Å². The van der Waals surface area contributed by atoms with Crippen molar-refractivity contribution in [3.63, 3.8) is 0 Å². The van der Waals surface area contributed by atoms with Crippen LogP contribution in [-0.2, 0) is 9.59 Å². The molecule has 0 spiro atoms. The number of Topliss-reactive ketones (excluding diaryl/α,β-unsaturated/α-hetero) is 1. The average molecular weight is 376 g/mol. The molecule has 0 amide bonds. The third kappa shape index (κ3) is 9.50. The first-order chi connectivity index (χ1) is 13.0. The van der Waals surface area contributed by atoms with Crippen molar-refractivity contribution in [1.29, 1.82) is 0 Å². The van der Waals surface area contributed by atoms with E-state index in [0.29, 0.717) is 19.3 Å². The second-order valence-electron chi connectivity index (χ2n) is 6.84. The predicted octanol–water partition coefficient (Wildman–Crippen LogP) is 3.58. The second-order valence-corrected chi connectivity index (χ2v) is 6.84. The van der Waals surface area contributed by atoms with Crippen LogP contribution in [0.4, 0.5) is 0 Å². The summed E-state index contributed by atoms with van der Waals surface area (Å²) < 4.78 is 0. The molecule has 0 aliphatic heterocycles. The van der Waals surface area contributed by atoms with Gasteiger partial charge in [-0.1, -0.05) is 55.5 Å². The maximum absolute atomic E-state index is 12.1. The van der Waals surface area contributed by atoms with Crippen LogP contribution in [0.15, 0.2) is 48.6 Å². The summed E-state index contributed by atoms with van der Waals surface area (Å²) in [5.41, 5.74) is 0. The minimum Gasteiger partial charge on any atom is -0.481 e. The van der Waals surface area contributed by atoms with Crippen LogP contribution in [0.3, 0.4) is 0 Å². The highest BCUT2D eigenvalue weighted by Gasteiger charge is 2.39. The van der Waals surface area contributed by atoms with Gasteiger partial charge in [-0.3, -0.25) is 9.59 Å². The Morgan fingerprint density at radius 3 is 2.63 bits per heavy atom. The molecule has 1 rings (SSSR count). The molecule has 3 N–H and O–H groups in total. The molecule has 0 aromatic heterocycles. The lowest BCUT2D eigenvalue weighted by Gasteiger charge is -2.16. The van der Waals surface area contributed by atoms with E-state index in [4.69, 9.17) is 5.11 Å². The summed E-state index contributed by atoms with van der Waals surface area (Å²) in [7, 11) is 0. The van der Waals surface area contributed by atoms with E-state index in [-0.39, 0.29) is 30.5 Å². The number of hydrogen-bond acceptors (Lipinski definition) is 4. The normalized spacial score (nSPS) is 24.9. The van der Waals surface area contributed by atoms with E-state index in [9.17, 15) is 19.8 Å². The van der Waals surface area contributed by atoms with Crippen molar-refractivity contribution in [1.82, 2.24) is 0 Å². The molecule has 27 heavy (non-hydrogen) atoms. The molecule has 0 aromatic carbocycles. The van der Waals surface area contributed by atoms with Crippen LogP contribution < -0.4 is 0 Å². The summed E-state index contributed by atoms with van der Waals surface area (Å²) >= 11 is 0. The van der Waals surface area contributed by atoms with E-state index >= 15 is 0 Å². The van der Waals surface area contributed by atoms with Gasteiger partial charge < -0.3 is 15.3 Å². The Bertz CT molecular complexity index is 573. The van der Waals surface area contributed by atoms with E-state index in [1.165, 1.54) is 0 Å². The molecule has 1 fully saturated rings. The molecule has 1 aliphatic carbocycles. The van der Waals surface area contributed by atoms with Crippen molar-refractivity contribution in [2.75, 3.05) is 0 Å². The molecule has 0 radical (unpaired) electrons. The van der Waals surface area contributed by atoms with Crippen LogP contribution in [0.2, 0.25) is 0 Å². The summed E-state index contributed by atoms with van der Waals surface area (Å²) in [6.45, 7) is 2.08. The quantitative estimate of drug-likeness (QED) is 0.453. The van der Waals surface area contributed by atoms with Gasteiger partial charge in [-0.25, -0.2) is 0 Å². The molecular weight excluding hydrogens is 344 g/mol. The van der Waals surface area contributed by atoms with Gasteiger partial charge in [0.05, 0.1) is 12.2 Å². The molecule has 0 saturated heterocycles. The van der Waals surface area contributed by atoms with Gasteiger partial charge in [-0.2, -0.15) is 0 Å². The summed E-state index contributed by atoms with van der Waals surface area (Å²) in [5.74, 6) is -1.47. The number of carbonyl (C=O) groups excluding carboxylic acids is 1. The van der Waals surface area contributed by atoms with Crippen molar-refractivity contribution >= 4 is 11.8 Å². The van der Waals surface area contributed by atoms with Crippen LogP contribution in [0, 0.1) is 11.8 Å². The first-order valence-electron chi connectivity index (χ1n) is 9.69. The lowest BCUT2D eigenvalue weighted by molar-refractivity contribution is -0.136. The Kier molecular flexibility index (Phi) is 11.3. The van der Waals surface area contributed by atoms with Gasteiger partial charge in [0.25, 0.3) is 0 Å². The number of aliphatic hydroxyl groups is 2. The molecule has 1 saturated carbocycles. The third-order valence-electron chi connectivity index (χ3n) is 4.59. The van der Waals surface area contributed by atoms with Crippen LogP contribution >= 0.6 is 0 Å². The van der Waals surface area contributed by atoms with Crippen molar-refractivity contribution in [2.24, 2.45) is 11.8 Å². The first kappa shape index (κ1) is 23.1. The Labute approximate surface area is 161 Å². The maximum Gasteiger partial charge on any atom is 0.303 e. The maximum atomic E-state index is 12.1. The summed E-state index contributed by atoms with van der Waals surface area (Å²) in [6, 6.07) is 0. The Morgan fingerprint density at radius 1 is 1.19 bits per heavy atom. The number of ketones is 1. The smallest absolute Gasteiger partial charge is 0.303 e. The zero-order chi connectivity index (χ0) is 20.1. The van der Waals surface area contributed by atoms with E-state index in [0.717, 1.165) is 12.8 Å². The van der Waals surface area contributed by atoms with Crippen LogP contribution in [0.5, 0.6) is 0 Å². The highest BCUT2D eigenvalue weighted by molar-refractivity contribution is 5.84. The molecule has 0 aromatic rings. The third-order valence-corrected chi connectivity index (χ3v) is 4.59. The SMILES string of the molecule is CC/C=C\C/C=C\C[C@@H](O)/C=C/[C@H]1[C@H](O)CC(=O)[C@H]1C/C=C\CCC(=O)O. The number of aliphatic carboxylic acids is 1. The molecule has 150 valence electrons. The largest absolute Gasteiger partial charge is 0.481 e. The molecule has 5 heteroatoms. The van der Waals surface area contributed by atoms with Crippen molar-refractivity contribution in [3.05, 3.63) is 48.6 Å². The lowest BCUT2D eigenvalue weighted by atomic mass is 9.90. The van der Waals surface area contributed by atoms with Gasteiger partial charge in [0.15, 0.2) is 0 Å². The molecule has 0 unspecified atom stereocenters. The number of carbonyl (C=O) groups is 2. The second kappa shape index (κ2) is 13.2. The molecule has 5 nitrogen and oxygen atoms in total. The number of allylic oxidation sites excluding steroid dienone is 5. The average Bonchev–Trinajstić information content (AvgIpc) is 2.88. The summed E-state index contributed by atoms with van der Waals surface area (Å²) in [5, 5.41) is 28.8. The van der Waals surface area contributed by atoms with Crippen molar-refractivity contribution in [3.8, 4) is 0 Å². The van der Waals surface area contributed by atoms with Gasteiger partial charge in [0.2, 0.25) is 0 Å². The standard InChI is InChI=1S/C22H32O5/c1-2-3-4-5-6-8-11-17(23)14-15-19-18(20(24)16-21(19)25)12-9-7-10-13-22(26)27/h3-4,6-9,14-15,17-19,21,23,25H,2,5,10-13,16H2,1H3,(H,26,27)/b4-3-,8-6-,9-7-,15-14+/t17-,18+,19-,21-/m1/s1. The fourth-order valence-electron chi connectivity index (χ4n) is 3.10. The van der Waals surface area contributed by atoms with Crippen molar-refractivity contribution < 1.29 is 24.9 Å². The highest BCUT2D eigenvalue weighted by atomic mass is 16.4. The van der Waals surface area contributed by atoms with E-state index in [1.54, 1.807) is 18.2 Å². The van der Waals surface area contributed by atoms with Gasteiger partial charge >= 0.3 is 5.97 Å². The number of hydrogen-bond donors (Lipinski definition) is 3. The van der Waals surface area contributed by atoms with Gasteiger partial charge in [-0.15, -0.1) is 0 Å². The molecule has 1 aliphatic rings. The number of carboxylic acids is 1. The topological polar surface area (TPSA) is 94.8 Å². The fraction of sp³-hybridized carbons (Fsp3) is 0.545. The minimum absolute atomic E-state index is 0.0112. The zero-order valence-electron chi connectivity index (χ0n) is 16.0. The predicted molar refractivity (Wildman–Crippen MR) is 106 cm³/mol. The highest BCUT2D eigenvalue weighted by Crippen LogP contribution is 2.33. The Hall–Kier alpha value is -1.98. The molecule has 4 atom stereocenters. The van der Waals surface area contributed by atoms with Crippen LogP contribution in [0.25, 0.3) is 0 Å². The molecule has 0 bridgehead atoms. The summed E-state index contributed by atoms with van der Waals surface area (Å²) in [4.78, 5) is 22.6. The number of aliphatic hydroxyl groups excluding tert-OH is 2. The van der Waals surface area contributed by atoms with Crippen LogP contribution in [0.1, 0.15) is 51.9 Å². The van der Waals surface area contributed by atoms with Gasteiger partial charge in [-0.05, 0) is 32.1 Å². The monoisotopic (exact) mass is 376 g/mol. The van der Waals surface area contributed by atoms with Gasteiger partial charge in [0, 0.05) is 24.7 Å². The lowest BCUT2D eigenvalue weighted by Crippen LogP contribution is -2.18. The fourth-order valence-corrected chi connectivity index (χ4v) is 3.10. The first-order valence-corrected chi connectivity index (χ1v) is 9.69. The molecule has 0 heterocycles. The zero-order valence-corrected chi connectivity index (χ0v) is 16.0. The van der Waals surface area contributed by atoms with E-state index in [1.807, 2.05) is 18.2 Å².